The van der Waals surface area contributed by atoms with Gasteiger partial charge in [0.25, 0.3) is 0 Å². The molecular formula is C15H17N. The molecule has 82 valence electrons. The fraction of sp³-hybridized carbons (Fsp3) is 0.400. The topological polar surface area (TPSA) is 12.9 Å². The third-order valence-corrected chi connectivity index (χ3v) is 2.83. The van der Waals surface area contributed by atoms with Gasteiger partial charge in [-0.1, -0.05) is 31.4 Å². The molecule has 16 heavy (non-hydrogen) atoms. The number of pyridine rings is 1. The van der Waals surface area contributed by atoms with E-state index in [9.17, 15) is 0 Å². The molecule has 0 saturated carbocycles. The molecule has 1 aliphatic rings. The lowest BCUT2D eigenvalue weighted by molar-refractivity contribution is 0.821. The van der Waals surface area contributed by atoms with Crippen LogP contribution in [0.4, 0.5) is 0 Å². The molecule has 0 N–H and O–H groups in total. The summed E-state index contributed by atoms with van der Waals surface area (Å²) in [6, 6.07) is 4.14. The number of hydrogen-bond acceptors (Lipinski definition) is 1. The zero-order chi connectivity index (χ0) is 11.2. The molecular weight excluding hydrogens is 194 g/mol. The molecule has 0 spiro atoms. The molecule has 0 amide bonds. The van der Waals surface area contributed by atoms with Crippen molar-refractivity contribution in [2.24, 2.45) is 0 Å². The molecule has 1 nitrogen and oxygen atoms in total. The van der Waals surface area contributed by atoms with Gasteiger partial charge >= 0.3 is 0 Å². The van der Waals surface area contributed by atoms with Gasteiger partial charge in [-0.3, -0.25) is 4.98 Å². The lowest BCUT2D eigenvalue weighted by atomic mass is 9.90. The van der Waals surface area contributed by atoms with Gasteiger partial charge in [0.15, 0.2) is 0 Å². The number of unbranched alkanes of at least 4 members (excludes halogenated alkanes) is 2. The summed E-state index contributed by atoms with van der Waals surface area (Å²) in [5, 5.41) is 0. The van der Waals surface area contributed by atoms with E-state index in [-0.39, 0.29) is 0 Å². The van der Waals surface area contributed by atoms with E-state index < -0.39 is 0 Å². The summed E-state index contributed by atoms with van der Waals surface area (Å²) in [5.74, 6) is 7.01. The highest BCUT2D eigenvalue weighted by molar-refractivity contribution is 5.55. The largest absolute Gasteiger partial charge is 0.257 e. The van der Waals surface area contributed by atoms with Crippen molar-refractivity contribution in [3.05, 3.63) is 35.7 Å². The summed E-state index contributed by atoms with van der Waals surface area (Å²) in [6.45, 7) is 2.20. The summed E-state index contributed by atoms with van der Waals surface area (Å²) in [4.78, 5) is 4.36. The van der Waals surface area contributed by atoms with Crippen molar-refractivity contribution < 1.29 is 0 Å². The van der Waals surface area contributed by atoms with Gasteiger partial charge in [-0.25, -0.2) is 0 Å². The number of rotatable bonds is 2. The molecule has 0 unspecified atom stereocenters. The Kier molecular flexibility index (Phi) is 3.77. The maximum atomic E-state index is 4.36. The van der Waals surface area contributed by atoms with Crippen LogP contribution in [0.1, 0.15) is 49.8 Å². The first-order chi connectivity index (χ1) is 7.92. The molecule has 1 heteroatoms. The summed E-state index contributed by atoms with van der Waals surface area (Å²) in [5.41, 5.74) is 2.37. The van der Waals surface area contributed by atoms with E-state index in [2.05, 4.69) is 42.0 Å². The Bertz CT molecular complexity index is 434. The van der Waals surface area contributed by atoms with E-state index >= 15 is 0 Å². The van der Waals surface area contributed by atoms with Crippen LogP contribution in [-0.2, 0) is 0 Å². The van der Waals surface area contributed by atoms with Crippen LogP contribution in [0, 0.1) is 11.8 Å². The van der Waals surface area contributed by atoms with Gasteiger partial charge < -0.3 is 0 Å². The van der Waals surface area contributed by atoms with Crippen molar-refractivity contribution in [3.63, 3.8) is 0 Å². The van der Waals surface area contributed by atoms with Crippen LogP contribution in [-0.4, -0.2) is 4.98 Å². The highest BCUT2D eigenvalue weighted by Crippen LogP contribution is 2.27. The first-order valence-corrected chi connectivity index (χ1v) is 6.01. The van der Waals surface area contributed by atoms with Gasteiger partial charge in [-0.05, 0) is 30.5 Å². The SMILES string of the molecule is CCCCC#C[C@H]1CC=Cc2ncccc21. The molecule has 2 rings (SSSR count). The molecule has 0 saturated heterocycles. The van der Waals surface area contributed by atoms with E-state index in [1.54, 1.807) is 0 Å². The van der Waals surface area contributed by atoms with E-state index in [0.717, 1.165) is 18.5 Å². The van der Waals surface area contributed by atoms with Gasteiger partial charge in [-0.15, -0.1) is 5.92 Å². The standard InChI is InChI=1S/C15H17N/c1-2-3-4-5-8-13-9-6-11-15-14(13)10-7-12-16-15/h6-7,10-13H,2-4,9H2,1H3/t13-/m0/s1. The average Bonchev–Trinajstić information content (AvgIpc) is 2.35. The summed E-state index contributed by atoms with van der Waals surface area (Å²) < 4.78 is 0. The minimum Gasteiger partial charge on any atom is -0.257 e. The lowest BCUT2D eigenvalue weighted by Crippen LogP contribution is -2.03. The second-order valence-corrected chi connectivity index (χ2v) is 4.09. The monoisotopic (exact) mass is 211 g/mol. The van der Waals surface area contributed by atoms with E-state index in [4.69, 9.17) is 0 Å². The third kappa shape index (κ3) is 2.52. The van der Waals surface area contributed by atoms with Crippen molar-refractivity contribution in [2.45, 2.75) is 38.5 Å². The smallest absolute Gasteiger partial charge is 0.0671 e. The second kappa shape index (κ2) is 5.51. The predicted octanol–water partition coefficient (Wildman–Crippen LogP) is 3.78. The molecule has 1 aromatic heterocycles. The van der Waals surface area contributed by atoms with Crippen LogP contribution >= 0.6 is 0 Å². The molecule has 1 aliphatic carbocycles. The predicted molar refractivity (Wildman–Crippen MR) is 67.9 cm³/mol. The number of fused-ring (bicyclic) bond motifs is 1. The lowest BCUT2D eigenvalue weighted by Gasteiger charge is -2.15. The fourth-order valence-electron chi connectivity index (χ4n) is 1.90. The van der Waals surface area contributed by atoms with Crippen molar-refractivity contribution in [2.75, 3.05) is 0 Å². The van der Waals surface area contributed by atoms with Crippen LogP contribution < -0.4 is 0 Å². The van der Waals surface area contributed by atoms with E-state index in [0.29, 0.717) is 5.92 Å². The van der Waals surface area contributed by atoms with Gasteiger partial charge in [0.1, 0.15) is 0 Å². The average molecular weight is 211 g/mol. The molecule has 0 fully saturated rings. The van der Waals surface area contributed by atoms with Gasteiger partial charge in [0, 0.05) is 12.6 Å². The molecule has 0 radical (unpaired) electrons. The molecule has 0 aromatic carbocycles. The molecule has 1 aromatic rings. The number of nitrogens with zero attached hydrogens (tertiary/aromatic N) is 1. The van der Waals surface area contributed by atoms with Crippen molar-refractivity contribution in [3.8, 4) is 11.8 Å². The number of hydrogen-bond donors (Lipinski definition) is 0. The summed E-state index contributed by atoms with van der Waals surface area (Å²) >= 11 is 0. The minimum absolute atomic E-state index is 0.352. The van der Waals surface area contributed by atoms with Crippen molar-refractivity contribution >= 4 is 6.08 Å². The highest BCUT2D eigenvalue weighted by Gasteiger charge is 2.14. The van der Waals surface area contributed by atoms with Gasteiger partial charge in [0.2, 0.25) is 0 Å². The van der Waals surface area contributed by atoms with Crippen molar-refractivity contribution in [1.82, 2.24) is 4.98 Å². The number of aromatic nitrogens is 1. The van der Waals surface area contributed by atoms with Gasteiger partial charge in [0.05, 0.1) is 11.6 Å². The Morgan fingerprint density at radius 2 is 2.44 bits per heavy atom. The zero-order valence-electron chi connectivity index (χ0n) is 9.74. The van der Waals surface area contributed by atoms with Crippen LogP contribution in [0.15, 0.2) is 24.4 Å². The molecule has 1 heterocycles. The quantitative estimate of drug-likeness (QED) is 0.536. The van der Waals surface area contributed by atoms with Crippen LogP contribution in [0.5, 0.6) is 0 Å². The Labute approximate surface area is 97.6 Å². The van der Waals surface area contributed by atoms with Crippen molar-refractivity contribution in [1.29, 1.82) is 0 Å². The minimum atomic E-state index is 0.352. The fourth-order valence-corrected chi connectivity index (χ4v) is 1.90. The molecule has 0 aliphatic heterocycles. The Balaban J connectivity index is 2.12. The Morgan fingerprint density at radius 3 is 3.31 bits per heavy atom. The number of allylic oxidation sites excluding steroid dienone is 1. The normalized spacial score (nSPS) is 17.4. The van der Waals surface area contributed by atoms with Crippen LogP contribution in [0.2, 0.25) is 0 Å². The Hall–Kier alpha value is -1.55. The van der Waals surface area contributed by atoms with Crippen LogP contribution in [0.25, 0.3) is 6.08 Å². The second-order valence-electron chi connectivity index (χ2n) is 4.09. The maximum Gasteiger partial charge on any atom is 0.0671 e. The first-order valence-electron chi connectivity index (χ1n) is 6.01. The molecule has 1 atom stereocenters. The first kappa shape index (κ1) is 11.0. The van der Waals surface area contributed by atoms with Gasteiger partial charge in [-0.2, -0.15) is 0 Å². The summed E-state index contributed by atoms with van der Waals surface area (Å²) in [7, 11) is 0. The zero-order valence-corrected chi connectivity index (χ0v) is 9.74. The highest BCUT2D eigenvalue weighted by atomic mass is 14.7. The van der Waals surface area contributed by atoms with E-state index in [1.165, 1.54) is 18.4 Å². The summed E-state index contributed by atoms with van der Waals surface area (Å²) in [6.07, 6.45) is 10.6. The van der Waals surface area contributed by atoms with Crippen LogP contribution in [0.3, 0.4) is 0 Å². The Morgan fingerprint density at radius 1 is 1.50 bits per heavy atom. The van der Waals surface area contributed by atoms with E-state index in [1.807, 2.05) is 12.3 Å². The maximum absolute atomic E-state index is 4.36. The molecule has 0 bridgehead atoms. The third-order valence-electron chi connectivity index (χ3n) is 2.83.